The first-order chi connectivity index (χ1) is 5.66. The summed E-state index contributed by atoms with van der Waals surface area (Å²) in [4.78, 5) is 0. The van der Waals surface area contributed by atoms with Crippen molar-refractivity contribution in [1.29, 1.82) is 0 Å². The summed E-state index contributed by atoms with van der Waals surface area (Å²) < 4.78 is 29.0. The molecule has 72 valence electrons. The summed E-state index contributed by atoms with van der Waals surface area (Å²) in [5.74, 6) is 0.962. The smallest absolute Gasteiger partial charge is 0.325 e. The Bertz CT molecular complexity index is 94.6. The van der Waals surface area contributed by atoms with Crippen LogP contribution in [-0.2, 0) is 0 Å². The van der Waals surface area contributed by atoms with E-state index >= 15 is 0 Å². The van der Waals surface area contributed by atoms with Crippen LogP contribution in [0.2, 0.25) is 0 Å². The predicted molar refractivity (Wildman–Crippen MR) is 45.6 cm³/mol. The van der Waals surface area contributed by atoms with Gasteiger partial charge in [-0.25, -0.2) is 0 Å². The summed E-state index contributed by atoms with van der Waals surface area (Å²) in [6.07, 6.45) is 9.59. The molecule has 0 aromatic carbocycles. The van der Waals surface area contributed by atoms with E-state index in [2.05, 4.69) is 13.3 Å². The fraction of sp³-hybridized carbons (Fsp3) is 0.875. The van der Waals surface area contributed by atoms with Crippen LogP contribution in [0, 0.1) is 12.3 Å². The molecule has 0 amide bonds. The molecule has 1 aliphatic rings. The molecule has 0 N–H and O–H groups in total. The Morgan fingerprint density at radius 2 is 1.85 bits per heavy atom. The third-order valence-corrected chi connectivity index (χ3v) is 2.05. The zero-order chi connectivity index (χ0) is 9.40. The fourth-order valence-electron chi connectivity index (χ4n) is 1.39. The minimum Gasteiger partial charge on any atom is -0.325 e. The fourth-order valence-corrected chi connectivity index (χ4v) is 1.39. The molecule has 0 unspecified atom stereocenters. The van der Waals surface area contributed by atoms with Gasteiger partial charge in [0.05, 0.1) is 0 Å². The van der Waals surface area contributed by atoms with Gasteiger partial charge in [-0.2, -0.15) is 12.3 Å². The van der Waals surface area contributed by atoms with E-state index in [9.17, 15) is 12.9 Å². The average Bonchev–Trinajstić information content (AvgIpc) is 2.05. The van der Waals surface area contributed by atoms with Gasteiger partial charge in [0.2, 0.25) is 0 Å². The van der Waals surface area contributed by atoms with Crippen molar-refractivity contribution in [3.63, 3.8) is 0 Å². The molecular weight excluding hydrogens is 203 g/mol. The molecule has 0 heterocycles. The van der Waals surface area contributed by atoms with E-state index in [0.717, 1.165) is 5.92 Å². The third-order valence-electron chi connectivity index (χ3n) is 2.05. The van der Waals surface area contributed by atoms with Crippen LogP contribution in [0.1, 0.15) is 39.0 Å². The third kappa shape index (κ3) is 13.5. The van der Waals surface area contributed by atoms with Crippen molar-refractivity contribution < 1.29 is 64.3 Å². The van der Waals surface area contributed by atoms with E-state index in [0.29, 0.717) is 0 Å². The van der Waals surface area contributed by atoms with Crippen LogP contribution < -0.4 is 51.4 Å². The molecule has 0 radical (unpaired) electrons. The average molecular weight is 218 g/mol. The molecule has 1 atom stereocenters. The second kappa shape index (κ2) is 11.6. The van der Waals surface area contributed by atoms with Crippen LogP contribution in [0.5, 0.6) is 0 Å². The van der Waals surface area contributed by atoms with Gasteiger partial charge in [-0.15, -0.1) is 0 Å². The zero-order valence-corrected chi connectivity index (χ0v) is 11.5. The maximum Gasteiger partial charge on any atom is 1.00 e. The Morgan fingerprint density at radius 1 is 1.31 bits per heavy atom. The van der Waals surface area contributed by atoms with Crippen molar-refractivity contribution in [2.45, 2.75) is 39.0 Å². The standard InChI is InChI=1S/C8H15.BF3.K/c1-2-8-6-4-3-5-7-8;2-1(3)4;/h6,8H,2-5,7H2,1H3;;/q-1;;+1/t8-;;/m0../s1. The largest absolute Gasteiger partial charge is 1.00 e. The number of halogens is 3. The van der Waals surface area contributed by atoms with Crippen LogP contribution in [0.4, 0.5) is 12.9 Å². The normalized spacial score (nSPS) is 20.8. The molecular formula is C8H15BF3K. The Balaban J connectivity index is 0. The summed E-state index contributed by atoms with van der Waals surface area (Å²) in [7, 11) is -3.67. The second-order valence-electron chi connectivity index (χ2n) is 2.94. The van der Waals surface area contributed by atoms with Crippen LogP contribution >= 0.6 is 0 Å². The van der Waals surface area contributed by atoms with Gasteiger partial charge in [-0.05, 0) is 0 Å². The van der Waals surface area contributed by atoms with Crippen molar-refractivity contribution in [3.8, 4) is 0 Å². The van der Waals surface area contributed by atoms with Gasteiger partial charge in [0.15, 0.2) is 0 Å². The molecule has 0 saturated heterocycles. The minimum absolute atomic E-state index is 0. The predicted octanol–water partition coefficient (Wildman–Crippen LogP) is 0.675. The summed E-state index contributed by atoms with van der Waals surface area (Å²) in [6, 6.07) is 0. The summed E-state index contributed by atoms with van der Waals surface area (Å²) in [5, 5.41) is 0. The minimum atomic E-state index is -3.67. The Hall–Kier alpha value is 1.49. The molecule has 0 aliphatic heterocycles. The molecule has 1 saturated carbocycles. The number of rotatable bonds is 1. The van der Waals surface area contributed by atoms with Gasteiger partial charge >= 0.3 is 58.9 Å². The van der Waals surface area contributed by atoms with Crippen molar-refractivity contribution in [1.82, 2.24) is 0 Å². The summed E-state index contributed by atoms with van der Waals surface area (Å²) in [6.45, 7) is 2.28. The van der Waals surface area contributed by atoms with Gasteiger partial charge in [0.25, 0.3) is 0 Å². The quantitative estimate of drug-likeness (QED) is 0.448. The molecule has 13 heavy (non-hydrogen) atoms. The van der Waals surface area contributed by atoms with Crippen molar-refractivity contribution in [2.75, 3.05) is 0 Å². The van der Waals surface area contributed by atoms with Crippen LogP contribution in [0.25, 0.3) is 0 Å². The molecule has 1 fully saturated rings. The van der Waals surface area contributed by atoms with Crippen molar-refractivity contribution in [2.24, 2.45) is 5.92 Å². The molecule has 1 rings (SSSR count). The molecule has 1 aliphatic carbocycles. The van der Waals surface area contributed by atoms with Crippen molar-refractivity contribution >= 4 is 7.54 Å². The Morgan fingerprint density at radius 3 is 2.08 bits per heavy atom. The van der Waals surface area contributed by atoms with Gasteiger partial charge < -0.3 is 6.42 Å². The van der Waals surface area contributed by atoms with E-state index in [-0.39, 0.29) is 51.4 Å². The molecule has 0 bridgehead atoms. The van der Waals surface area contributed by atoms with Crippen LogP contribution in [-0.4, -0.2) is 7.54 Å². The molecule has 0 aromatic heterocycles. The maximum atomic E-state index is 9.67. The molecule has 0 spiro atoms. The van der Waals surface area contributed by atoms with Gasteiger partial charge in [-0.3, -0.25) is 12.9 Å². The van der Waals surface area contributed by atoms with E-state index in [4.69, 9.17) is 0 Å². The first-order valence-corrected chi connectivity index (χ1v) is 4.42. The molecule has 0 aromatic rings. The second-order valence-corrected chi connectivity index (χ2v) is 2.94. The summed E-state index contributed by atoms with van der Waals surface area (Å²) in [5.41, 5.74) is 0. The van der Waals surface area contributed by atoms with E-state index < -0.39 is 7.54 Å². The number of hydrogen-bond acceptors (Lipinski definition) is 0. The van der Waals surface area contributed by atoms with Crippen LogP contribution in [0.15, 0.2) is 0 Å². The van der Waals surface area contributed by atoms with E-state index in [1.807, 2.05) is 0 Å². The van der Waals surface area contributed by atoms with Gasteiger partial charge in [-0.1, -0.05) is 32.6 Å². The zero-order valence-electron chi connectivity index (χ0n) is 8.40. The topological polar surface area (TPSA) is 0 Å². The van der Waals surface area contributed by atoms with E-state index in [1.165, 1.54) is 32.1 Å². The van der Waals surface area contributed by atoms with E-state index in [1.54, 1.807) is 0 Å². The van der Waals surface area contributed by atoms with Crippen molar-refractivity contribution in [3.05, 3.63) is 6.42 Å². The monoisotopic (exact) mass is 218 g/mol. The number of hydrogen-bond donors (Lipinski definition) is 0. The Labute approximate surface area is 122 Å². The SMILES string of the molecule is CC[C@H]1[CH-]CCCC1.FB(F)F.[K+]. The Kier molecular flexibility index (Phi) is 15.0. The molecule has 5 heteroatoms. The first-order valence-electron chi connectivity index (χ1n) is 4.42. The summed E-state index contributed by atoms with van der Waals surface area (Å²) >= 11 is 0. The van der Waals surface area contributed by atoms with Gasteiger partial charge in [0.1, 0.15) is 0 Å². The molecule has 0 nitrogen and oxygen atoms in total. The maximum absolute atomic E-state index is 9.67. The van der Waals surface area contributed by atoms with Gasteiger partial charge in [0, 0.05) is 0 Å². The first kappa shape index (κ1) is 16.9. The van der Waals surface area contributed by atoms with Crippen LogP contribution in [0.3, 0.4) is 0 Å².